The Morgan fingerprint density at radius 3 is 2.89 bits per heavy atom. The number of anilines is 2. The fourth-order valence-corrected chi connectivity index (χ4v) is 5.86. The zero-order valence-electron chi connectivity index (χ0n) is 19.9. The second-order valence-corrected chi connectivity index (χ2v) is 11.4. The van der Waals surface area contributed by atoms with Gasteiger partial charge in [0.05, 0.1) is 33.1 Å². The monoisotopic (exact) mass is 525 g/mol. The van der Waals surface area contributed by atoms with Crippen molar-refractivity contribution in [1.82, 2.24) is 19.9 Å². The van der Waals surface area contributed by atoms with Gasteiger partial charge in [-0.3, -0.25) is 0 Å². The van der Waals surface area contributed by atoms with Crippen LogP contribution in [-0.4, -0.2) is 48.0 Å². The van der Waals surface area contributed by atoms with Crippen molar-refractivity contribution in [3.05, 3.63) is 65.8 Å². The lowest BCUT2D eigenvalue weighted by Gasteiger charge is -2.14. The van der Waals surface area contributed by atoms with Gasteiger partial charge in [0.15, 0.2) is 9.84 Å². The van der Waals surface area contributed by atoms with Gasteiger partial charge >= 0.3 is 0 Å². The number of rotatable bonds is 9. The first-order chi connectivity index (χ1) is 17.4. The lowest BCUT2D eigenvalue weighted by Crippen LogP contribution is -2.28. The summed E-state index contributed by atoms with van der Waals surface area (Å²) in [5, 5.41) is 11.8. The number of hydrogen-bond acceptors (Lipinski definition) is 7. The van der Waals surface area contributed by atoms with Crippen LogP contribution < -0.4 is 15.4 Å². The summed E-state index contributed by atoms with van der Waals surface area (Å²) in [6, 6.07) is 16.6. The van der Waals surface area contributed by atoms with Gasteiger partial charge in [-0.1, -0.05) is 30.7 Å². The number of nitrogens with zero attached hydrogens (tertiary/aromatic N) is 3. The van der Waals surface area contributed by atoms with Crippen LogP contribution in [0.1, 0.15) is 26.2 Å². The third-order valence-corrected chi connectivity index (χ3v) is 8.38. The predicted octanol–water partition coefficient (Wildman–Crippen LogP) is 5.11. The van der Waals surface area contributed by atoms with E-state index in [4.69, 9.17) is 16.3 Å². The summed E-state index contributed by atoms with van der Waals surface area (Å²) in [6.45, 7) is 3.44. The van der Waals surface area contributed by atoms with E-state index in [0.29, 0.717) is 40.7 Å². The summed E-state index contributed by atoms with van der Waals surface area (Å²) >= 11 is 6.35. The Morgan fingerprint density at radius 1 is 1.19 bits per heavy atom. The summed E-state index contributed by atoms with van der Waals surface area (Å²) in [4.78, 5) is 4.74. The van der Waals surface area contributed by atoms with Gasteiger partial charge in [0.2, 0.25) is 5.95 Å². The van der Waals surface area contributed by atoms with Crippen LogP contribution in [0.15, 0.2) is 65.7 Å². The Morgan fingerprint density at radius 2 is 2.08 bits per heavy atom. The summed E-state index contributed by atoms with van der Waals surface area (Å²) in [6.07, 6.45) is 4.53. The lowest BCUT2D eigenvalue weighted by molar-refractivity contribution is 0.277. The molecule has 2 aromatic carbocycles. The summed E-state index contributed by atoms with van der Waals surface area (Å²) in [7, 11) is -3.33. The SMILES string of the molecule is CCCS(=O)(=O)c1cccc(-c2ccc3cnc(Nc4ccc(Cl)c(OC[C@H]5CCCN5)c4)nn23)c1. The van der Waals surface area contributed by atoms with Gasteiger partial charge in [-0.2, -0.15) is 0 Å². The van der Waals surface area contributed by atoms with E-state index in [1.807, 2.05) is 37.3 Å². The Hall–Kier alpha value is -3.14. The van der Waals surface area contributed by atoms with E-state index in [2.05, 4.69) is 20.7 Å². The van der Waals surface area contributed by atoms with Crippen LogP contribution in [0.2, 0.25) is 5.02 Å². The molecular weight excluding hydrogens is 498 g/mol. The molecule has 1 atom stereocenters. The van der Waals surface area contributed by atoms with Crippen molar-refractivity contribution in [2.24, 2.45) is 0 Å². The molecule has 3 heterocycles. The zero-order chi connectivity index (χ0) is 25.1. The predicted molar refractivity (Wildman–Crippen MR) is 142 cm³/mol. The van der Waals surface area contributed by atoms with E-state index in [1.54, 1.807) is 35.0 Å². The summed E-state index contributed by atoms with van der Waals surface area (Å²) in [5.74, 6) is 1.11. The van der Waals surface area contributed by atoms with Gasteiger partial charge < -0.3 is 15.4 Å². The first kappa shape index (κ1) is 24.5. The van der Waals surface area contributed by atoms with Crippen LogP contribution >= 0.6 is 11.6 Å². The molecule has 5 rings (SSSR count). The van der Waals surface area contributed by atoms with Gasteiger partial charge in [-0.05, 0) is 62.2 Å². The fraction of sp³-hybridized carbons (Fsp3) is 0.308. The molecule has 2 aromatic heterocycles. The molecule has 0 saturated carbocycles. The molecule has 0 aliphatic carbocycles. The highest BCUT2D eigenvalue weighted by Gasteiger charge is 2.17. The molecule has 0 amide bonds. The third kappa shape index (κ3) is 5.33. The number of benzene rings is 2. The van der Waals surface area contributed by atoms with Crippen LogP contribution in [-0.2, 0) is 9.84 Å². The molecule has 1 saturated heterocycles. The third-order valence-electron chi connectivity index (χ3n) is 6.15. The van der Waals surface area contributed by atoms with Gasteiger partial charge in [-0.25, -0.2) is 17.9 Å². The van der Waals surface area contributed by atoms with E-state index in [0.717, 1.165) is 41.8 Å². The van der Waals surface area contributed by atoms with E-state index >= 15 is 0 Å². The Labute approximate surface area is 215 Å². The lowest BCUT2D eigenvalue weighted by atomic mass is 10.2. The number of hydrogen-bond donors (Lipinski definition) is 2. The Balaban J connectivity index is 1.40. The minimum atomic E-state index is -3.33. The van der Waals surface area contributed by atoms with Gasteiger partial charge in [-0.15, -0.1) is 5.10 Å². The highest BCUT2D eigenvalue weighted by atomic mass is 35.5. The zero-order valence-corrected chi connectivity index (χ0v) is 21.5. The van der Waals surface area contributed by atoms with Crippen molar-refractivity contribution in [3.63, 3.8) is 0 Å². The standard InChI is InChI=1S/C26H28ClN5O3S/c1-2-13-36(33,34)22-7-3-5-18(14-22)24-11-9-21-16-29-26(31-32(21)24)30-19-8-10-23(27)25(15-19)35-17-20-6-4-12-28-20/h3,5,7-11,14-16,20,28H,2,4,6,12-13,17H2,1H3,(H,30,31)/t20-/m1/s1. The fourth-order valence-electron chi connectivity index (χ4n) is 4.32. The van der Waals surface area contributed by atoms with Crippen LogP contribution in [0.5, 0.6) is 5.75 Å². The van der Waals surface area contributed by atoms with E-state index in [-0.39, 0.29) is 5.75 Å². The molecule has 1 aliphatic rings. The minimum Gasteiger partial charge on any atom is -0.490 e. The molecule has 2 N–H and O–H groups in total. The molecule has 188 valence electrons. The second kappa shape index (κ2) is 10.5. The Bertz CT molecular complexity index is 1480. The van der Waals surface area contributed by atoms with Crippen molar-refractivity contribution in [3.8, 4) is 17.0 Å². The highest BCUT2D eigenvalue weighted by Crippen LogP contribution is 2.30. The maximum atomic E-state index is 12.6. The highest BCUT2D eigenvalue weighted by molar-refractivity contribution is 7.91. The number of aromatic nitrogens is 3. The molecule has 0 bridgehead atoms. The average molecular weight is 526 g/mol. The average Bonchev–Trinajstić information content (AvgIpc) is 3.54. The summed E-state index contributed by atoms with van der Waals surface area (Å²) < 4.78 is 32.9. The largest absolute Gasteiger partial charge is 0.490 e. The van der Waals surface area contributed by atoms with Crippen LogP contribution in [0, 0.1) is 0 Å². The molecule has 36 heavy (non-hydrogen) atoms. The first-order valence-electron chi connectivity index (χ1n) is 12.0. The second-order valence-electron chi connectivity index (χ2n) is 8.86. The van der Waals surface area contributed by atoms with Crippen molar-refractivity contribution >= 4 is 38.6 Å². The van der Waals surface area contributed by atoms with Crippen LogP contribution in [0.4, 0.5) is 11.6 Å². The van der Waals surface area contributed by atoms with Gasteiger partial charge in [0.25, 0.3) is 0 Å². The van der Waals surface area contributed by atoms with Crippen molar-refractivity contribution in [2.75, 3.05) is 24.2 Å². The number of halogens is 1. The first-order valence-corrected chi connectivity index (χ1v) is 14.1. The number of nitrogens with one attached hydrogen (secondary N) is 2. The van der Waals surface area contributed by atoms with E-state index in [1.165, 1.54) is 0 Å². The molecule has 4 aromatic rings. The minimum absolute atomic E-state index is 0.117. The maximum Gasteiger partial charge on any atom is 0.245 e. The molecular formula is C26H28ClN5O3S. The molecule has 10 heteroatoms. The number of sulfone groups is 1. The molecule has 0 spiro atoms. The normalized spacial score (nSPS) is 15.9. The molecule has 0 radical (unpaired) electrons. The summed E-state index contributed by atoms with van der Waals surface area (Å²) in [5.41, 5.74) is 3.07. The van der Waals surface area contributed by atoms with Crippen LogP contribution in [0.3, 0.4) is 0 Å². The molecule has 1 fully saturated rings. The molecule has 0 unspecified atom stereocenters. The number of ether oxygens (including phenoxy) is 1. The van der Waals surface area contributed by atoms with Crippen molar-refractivity contribution in [1.29, 1.82) is 0 Å². The number of fused-ring (bicyclic) bond motifs is 1. The van der Waals surface area contributed by atoms with Crippen molar-refractivity contribution in [2.45, 2.75) is 37.1 Å². The molecule has 8 nitrogen and oxygen atoms in total. The van der Waals surface area contributed by atoms with Gasteiger partial charge in [0.1, 0.15) is 12.4 Å². The topological polar surface area (TPSA) is 97.6 Å². The molecule has 1 aliphatic heterocycles. The van der Waals surface area contributed by atoms with Gasteiger partial charge in [0, 0.05) is 23.4 Å². The quantitative estimate of drug-likeness (QED) is 0.313. The smallest absolute Gasteiger partial charge is 0.245 e. The van der Waals surface area contributed by atoms with E-state index in [9.17, 15) is 8.42 Å². The van der Waals surface area contributed by atoms with Crippen LogP contribution in [0.25, 0.3) is 16.8 Å². The Kier molecular flexibility index (Phi) is 7.13. The van der Waals surface area contributed by atoms with E-state index < -0.39 is 9.84 Å². The van der Waals surface area contributed by atoms with Crippen molar-refractivity contribution < 1.29 is 13.2 Å². The maximum absolute atomic E-state index is 12.6.